The zero-order valence-electron chi connectivity index (χ0n) is 20.7. The molecule has 0 N–H and O–H groups in total. The van der Waals surface area contributed by atoms with Crippen LogP contribution in [0.25, 0.3) is 0 Å². The van der Waals surface area contributed by atoms with Gasteiger partial charge in [-0.25, -0.2) is 0 Å². The normalized spacial score (nSPS) is 29.2. The zero-order chi connectivity index (χ0) is 24.8. The van der Waals surface area contributed by atoms with Gasteiger partial charge >= 0.3 is 0 Å². The molecule has 3 rings (SSSR count). The summed E-state index contributed by atoms with van der Waals surface area (Å²) in [5.41, 5.74) is 0.609. The molecule has 2 amide bonds. The van der Waals surface area contributed by atoms with Gasteiger partial charge in [-0.15, -0.1) is 0 Å². The van der Waals surface area contributed by atoms with Crippen LogP contribution in [0.4, 0.5) is 0 Å². The van der Waals surface area contributed by atoms with E-state index >= 15 is 0 Å². The number of benzene rings is 1. The Morgan fingerprint density at radius 2 is 1.76 bits per heavy atom. The van der Waals surface area contributed by atoms with Crippen molar-refractivity contribution in [2.45, 2.75) is 50.6 Å². The van der Waals surface area contributed by atoms with E-state index in [0.717, 1.165) is 12.8 Å². The van der Waals surface area contributed by atoms with E-state index in [2.05, 4.69) is 6.07 Å². The molecule has 9 heteroatoms. The predicted octanol–water partition coefficient (Wildman–Crippen LogP) is 2.08. The highest BCUT2D eigenvalue weighted by atomic mass is 16.5. The maximum atomic E-state index is 13.3. The van der Waals surface area contributed by atoms with E-state index in [-0.39, 0.29) is 42.4 Å². The molecule has 9 nitrogen and oxygen atoms in total. The lowest BCUT2D eigenvalue weighted by molar-refractivity contribution is -0.154. The van der Waals surface area contributed by atoms with Crippen molar-refractivity contribution < 1.29 is 28.5 Å². The molecule has 0 spiro atoms. The van der Waals surface area contributed by atoms with Crippen molar-refractivity contribution >= 4 is 11.8 Å². The summed E-state index contributed by atoms with van der Waals surface area (Å²) in [6, 6.07) is 7.07. The Kier molecular flexibility index (Phi) is 8.89. The lowest BCUT2D eigenvalue weighted by Gasteiger charge is -2.38. The quantitative estimate of drug-likeness (QED) is 0.648. The van der Waals surface area contributed by atoms with E-state index in [4.69, 9.17) is 18.9 Å². The van der Waals surface area contributed by atoms with Gasteiger partial charge in [0.05, 0.1) is 42.0 Å². The molecule has 0 aliphatic carbocycles. The number of hydrogen-bond acceptors (Lipinski definition) is 7. The first-order chi connectivity index (χ1) is 16.3. The smallest absolute Gasteiger partial charge is 0.257 e. The fraction of sp³-hybridized carbons (Fsp3) is 0.640. The molecule has 2 aliphatic rings. The fourth-order valence-corrected chi connectivity index (χ4v) is 4.68. The molecule has 1 fully saturated rings. The number of methoxy groups -OCH3 is 2. The van der Waals surface area contributed by atoms with Crippen LogP contribution in [-0.4, -0.2) is 94.0 Å². The number of rotatable bonds is 2. The van der Waals surface area contributed by atoms with Crippen LogP contribution in [0.1, 0.15) is 42.1 Å². The fourth-order valence-electron chi connectivity index (χ4n) is 4.68. The topological polar surface area (TPSA) is 101 Å². The van der Waals surface area contributed by atoms with Crippen LogP contribution in [0.3, 0.4) is 0 Å². The third-order valence-electron chi connectivity index (χ3n) is 6.79. The highest BCUT2D eigenvalue weighted by Gasteiger charge is 2.36. The number of ether oxygens (including phenoxy) is 4. The van der Waals surface area contributed by atoms with Crippen molar-refractivity contribution in [3.8, 4) is 11.8 Å². The van der Waals surface area contributed by atoms with E-state index in [1.54, 1.807) is 51.2 Å². The van der Waals surface area contributed by atoms with Gasteiger partial charge in [0.25, 0.3) is 5.91 Å². The molecule has 1 saturated heterocycles. The van der Waals surface area contributed by atoms with Gasteiger partial charge in [-0.05, 0) is 25.0 Å². The Hall–Kier alpha value is -2.67. The van der Waals surface area contributed by atoms with Gasteiger partial charge in [-0.3, -0.25) is 9.59 Å². The van der Waals surface area contributed by atoms with Gasteiger partial charge in [0.1, 0.15) is 17.9 Å². The van der Waals surface area contributed by atoms with Crippen molar-refractivity contribution in [1.82, 2.24) is 9.80 Å². The molecule has 0 aromatic heterocycles. The lowest BCUT2D eigenvalue weighted by atomic mass is 9.97. The molecule has 1 aromatic rings. The third kappa shape index (κ3) is 5.69. The first-order valence-corrected chi connectivity index (χ1v) is 11.7. The molecule has 5 atom stereocenters. The molecule has 0 unspecified atom stereocenters. The van der Waals surface area contributed by atoms with E-state index in [1.807, 2.05) is 0 Å². The minimum Gasteiger partial charge on any atom is -0.491 e. The van der Waals surface area contributed by atoms with Crippen LogP contribution in [0, 0.1) is 17.2 Å². The van der Waals surface area contributed by atoms with Gasteiger partial charge in [-0.2, -0.15) is 5.26 Å². The molecule has 2 bridgehead atoms. The predicted molar refractivity (Wildman–Crippen MR) is 125 cm³/mol. The summed E-state index contributed by atoms with van der Waals surface area (Å²) in [5.74, 6) is -0.601. The average molecular weight is 474 g/mol. The molecule has 0 saturated carbocycles. The molecular formula is C25H35N3O6. The van der Waals surface area contributed by atoms with Crippen molar-refractivity contribution in [2.75, 3.05) is 48.0 Å². The summed E-state index contributed by atoms with van der Waals surface area (Å²) in [5, 5.41) is 9.60. The lowest BCUT2D eigenvalue weighted by Crippen LogP contribution is -2.50. The monoisotopic (exact) mass is 473 g/mol. The molecular weight excluding hydrogens is 438 g/mol. The van der Waals surface area contributed by atoms with Crippen LogP contribution in [0.5, 0.6) is 5.75 Å². The number of amides is 2. The van der Waals surface area contributed by atoms with Crippen LogP contribution in [0.15, 0.2) is 18.2 Å². The Morgan fingerprint density at radius 1 is 1.03 bits per heavy atom. The molecule has 34 heavy (non-hydrogen) atoms. The maximum Gasteiger partial charge on any atom is 0.257 e. The van der Waals surface area contributed by atoms with Crippen molar-refractivity contribution in [3.63, 3.8) is 0 Å². The minimum atomic E-state index is -0.515. The highest BCUT2D eigenvalue weighted by Crippen LogP contribution is 2.28. The molecule has 2 heterocycles. The number of likely N-dealkylation sites (N-methyl/N-ethyl adjacent to an activating group) is 2. The number of para-hydroxylation sites is 1. The number of nitrogens with zero attached hydrogens (tertiary/aromatic N) is 3. The third-order valence-corrected chi connectivity index (χ3v) is 6.79. The largest absolute Gasteiger partial charge is 0.491 e. The first-order valence-electron chi connectivity index (χ1n) is 11.7. The maximum absolute atomic E-state index is 13.3. The van der Waals surface area contributed by atoms with E-state index in [9.17, 15) is 14.9 Å². The van der Waals surface area contributed by atoms with E-state index < -0.39 is 12.0 Å². The highest BCUT2D eigenvalue weighted by molar-refractivity contribution is 5.97. The van der Waals surface area contributed by atoms with Crippen molar-refractivity contribution in [1.29, 1.82) is 5.26 Å². The Balaban J connectivity index is 1.95. The summed E-state index contributed by atoms with van der Waals surface area (Å²) in [7, 11) is 6.61. The Labute approximate surface area is 201 Å². The molecule has 1 aromatic carbocycles. The number of carbonyl (C=O) groups is 2. The summed E-state index contributed by atoms with van der Waals surface area (Å²) in [4.78, 5) is 29.7. The summed E-state index contributed by atoms with van der Waals surface area (Å²) in [6.07, 6.45) is 1.25. The summed E-state index contributed by atoms with van der Waals surface area (Å²) in [6.45, 7) is 2.70. The molecule has 2 aliphatic heterocycles. The molecule has 0 radical (unpaired) electrons. The van der Waals surface area contributed by atoms with Crippen LogP contribution in [-0.2, 0) is 19.0 Å². The number of hydrogen-bond donors (Lipinski definition) is 0. The second kappa shape index (κ2) is 11.6. The van der Waals surface area contributed by atoms with Crippen molar-refractivity contribution in [2.24, 2.45) is 5.92 Å². The number of fused-ring (bicyclic) bond motifs is 3. The Bertz CT molecular complexity index is 916. The second-order valence-electron chi connectivity index (χ2n) is 9.05. The van der Waals surface area contributed by atoms with Crippen molar-refractivity contribution in [3.05, 3.63) is 29.3 Å². The minimum absolute atomic E-state index is 0.0759. The summed E-state index contributed by atoms with van der Waals surface area (Å²) >= 11 is 0. The SMILES string of the molecule is CO[C@H]1CN(C)C(=O)c2cccc(C#N)c2OCC[C@@H]2CC[C@@H](OC)[C@@H](CN(C)C(=O)[C@H]1C)O2. The van der Waals surface area contributed by atoms with Crippen LogP contribution >= 0.6 is 0 Å². The van der Waals surface area contributed by atoms with Crippen LogP contribution in [0.2, 0.25) is 0 Å². The van der Waals surface area contributed by atoms with Gasteiger partial charge in [-0.1, -0.05) is 13.0 Å². The van der Waals surface area contributed by atoms with Gasteiger partial charge in [0, 0.05) is 47.8 Å². The number of nitriles is 1. The van der Waals surface area contributed by atoms with Gasteiger partial charge < -0.3 is 28.7 Å². The van der Waals surface area contributed by atoms with E-state index in [1.165, 1.54) is 12.0 Å². The standard InChI is InChI=1S/C25H35N3O6/c1-16-21(32-5)14-28(3)25(30)19-8-6-7-17(13-26)23(19)33-12-11-18-9-10-20(31-4)22(34-18)15-27(2)24(16)29/h6-8,16,18,20-22H,9-12,14-15H2,1-5H3/t16-,18-,20+,21-,22+/m0/s1. The van der Waals surface area contributed by atoms with Gasteiger partial charge in [0.2, 0.25) is 5.91 Å². The first kappa shape index (κ1) is 25.9. The number of carbonyl (C=O) groups excluding carboxylic acids is 2. The van der Waals surface area contributed by atoms with Gasteiger partial charge in [0.15, 0.2) is 0 Å². The zero-order valence-corrected chi connectivity index (χ0v) is 20.7. The molecule has 186 valence electrons. The Morgan fingerprint density at radius 3 is 2.44 bits per heavy atom. The second-order valence-corrected chi connectivity index (χ2v) is 9.05. The summed E-state index contributed by atoms with van der Waals surface area (Å²) < 4.78 is 23.6. The van der Waals surface area contributed by atoms with Crippen LogP contribution < -0.4 is 4.74 Å². The average Bonchev–Trinajstić information content (AvgIpc) is 2.85. The van der Waals surface area contributed by atoms with E-state index in [0.29, 0.717) is 30.7 Å².